The van der Waals surface area contributed by atoms with Gasteiger partial charge < -0.3 is 34.6 Å². The van der Waals surface area contributed by atoms with Gasteiger partial charge in [-0.1, -0.05) is 50.8 Å². The quantitative estimate of drug-likeness (QED) is 0.172. The third-order valence-corrected chi connectivity index (χ3v) is 6.79. The molecule has 12 nitrogen and oxygen atoms in total. The van der Waals surface area contributed by atoms with Gasteiger partial charge in [-0.05, 0) is 37.5 Å². The van der Waals surface area contributed by atoms with Gasteiger partial charge in [0.25, 0.3) is 0 Å². The number of ether oxygens (including phenoxy) is 3. The van der Waals surface area contributed by atoms with E-state index < -0.39 is 49.4 Å². The number of aliphatic imine (C=N–C) groups is 1. The molecule has 4 atom stereocenters. The topological polar surface area (TPSA) is 159 Å². The molecule has 0 radical (unpaired) electrons. The number of anilines is 1. The molecule has 2 aliphatic rings. The highest BCUT2D eigenvalue weighted by atomic mass is 19.3. The van der Waals surface area contributed by atoms with E-state index in [9.17, 15) is 33.4 Å². The largest absolute Gasteiger partial charge is 0.463 e. The Morgan fingerprint density at radius 3 is 2.42 bits per heavy atom. The van der Waals surface area contributed by atoms with Crippen molar-refractivity contribution >= 4 is 29.5 Å². The van der Waals surface area contributed by atoms with Gasteiger partial charge in [-0.25, -0.2) is 9.79 Å². The average Bonchev–Trinajstić information content (AvgIpc) is 3.20. The van der Waals surface area contributed by atoms with Gasteiger partial charge >= 0.3 is 18.0 Å². The van der Waals surface area contributed by atoms with Gasteiger partial charge in [-0.3, -0.25) is 14.9 Å². The molecule has 0 aliphatic carbocycles. The number of hydrogen-bond acceptors (Lipinski definition) is 10. The van der Waals surface area contributed by atoms with Crippen LogP contribution in [0, 0.1) is 0 Å². The zero-order valence-corrected chi connectivity index (χ0v) is 24.1. The van der Waals surface area contributed by atoms with E-state index in [0.717, 1.165) is 31.1 Å². The summed E-state index contributed by atoms with van der Waals surface area (Å²) in [5.41, 5.74) is 0.728. The molecule has 1 fully saturated rings. The number of unbranched alkanes of at least 4 members (excludes halogenated alkanes) is 5. The van der Waals surface area contributed by atoms with Crippen LogP contribution < -0.4 is 10.6 Å². The summed E-state index contributed by atoms with van der Waals surface area (Å²) in [4.78, 5) is 40.4. The third kappa shape index (κ3) is 10.6. The van der Waals surface area contributed by atoms with Crippen molar-refractivity contribution in [2.45, 2.75) is 95.4 Å². The number of alkyl carbamates (subject to hydrolysis) is 1. The number of alkyl halides is 2. The van der Waals surface area contributed by atoms with Crippen LogP contribution in [-0.2, 0) is 23.8 Å². The maximum absolute atomic E-state index is 14.9. The molecule has 4 N–H and O–H groups in total. The standard InChI is InChI=1S/C29H40F2N4O8/c1-2-3-11-18-41-28(40)34-22-16-17-35(27(39)33-22)26-29(30,31)25(38)21(43-26)19-42-24(37)15-10-5-4-9-14-23(36)32-20-12-7-6-8-13-20/h6-8,12-13,16-17,21,25-27,38-39H,2-5,9-11,14-15,18-19H2,1H3,(H,32,36)(H,33,34,40)/t21-,25-,26-,27?/m1/s1. The predicted octanol–water partition coefficient (Wildman–Crippen LogP) is 3.65. The first-order chi connectivity index (χ1) is 20.6. The van der Waals surface area contributed by atoms with Crippen molar-refractivity contribution in [3.63, 3.8) is 0 Å². The molecule has 2 aliphatic heterocycles. The van der Waals surface area contributed by atoms with Crippen molar-refractivity contribution in [3.05, 3.63) is 42.6 Å². The van der Waals surface area contributed by atoms with Crippen molar-refractivity contribution < 1.29 is 47.6 Å². The maximum atomic E-state index is 14.9. The van der Waals surface area contributed by atoms with E-state index in [1.807, 2.05) is 25.1 Å². The Morgan fingerprint density at radius 1 is 1.00 bits per heavy atom. The first-order valence-electron chi connectivity index (χ1n) is 14.5. The minimum Gasteiger partial charge on any atom is -0.463 e. The van der Waals surface area contributed by atoms with E-state index in [2.05, 4.69) is 15.6 Å². The van der Waals surface area contributed by atoms with Crippen LogP contribution in [0.5, 0.6) is 0 Å². The molecule has 2 amide bonds. The van der Waals surface area contributed by atoms with Gasteiger partial charge in [0.2, 0.25) is 18.5 Å². The van der Waals surface area contributed by atoms with Crippen molar-refractivity contribution in [2.24, 2.45) is 4.99 Å². The van der Waals surface area contributed by atoms with E-state index >= 15 is 0 Å². The highest BCUT2D eigenvalue weighted by Crippen LogP contribution is 2.39. The molecule has 1 saturated heterocycles. The number of nitrogens with one attached hydrogen (secondary N) is 2. The monoisotopic (exact) mass is 610 g/mol. The van der Waals surface area contributed by atoms with Gasteiger partial charge in [-0.15, -0.1) is 0 Å². The zero-order valence-electron chi connectivity index (χ0n) is 24.1. The van der Waals surface area contributed by atoms with Crippen molar-refractivity contribution in [1.29, 1.82) is 0 Å². The number of halogens is 2. The number of carbonyl (C=O) groups is 3. The van der Waals surface area contributed by atoms with Crippen LogP contribution in [0.3, 0.4) is 0 Å². The molecule has 3 rings (SSSR count). The lowest BCUT2D eigenvalue weighted by Gasteiger charge is -2.34. The van der Waals surface area contributed by atoms with E-state index in [-0.39, 0.29) is 24.8 Å². The van der Waals surface area contributed by atoms with Crippen LogP contribution in [0.1, 0.15) is 64.7 Å². The molecule has 1 aromatic carbocycles. The summed E-state index contributed by atoms with van der Waals surface area (Å²) in [6.45, 7) is 1.59. The normalized spacial score (nSPS) is 22.5. The minimum atomic E-state index is -3.84. The lowest BCUT2D eigenvalue weighted by atomic mass is 10.1. The van der Waals surface area contributed by atoms with Gasteiger partial charge in [0, 0.05) is 24.7 Å². The van der Waals surface area contributed by atoms with E-state index in [1.54, 1.807) is 12.1 Å². The fourth-order valence-corrected chi connectivity index (χ4v) is 4.42. The van der Waals surface area contributed by atoms with Crippen LogP contribution >= 0.6 is 0 Å². The number of hydrogen-bond donors (Lipinski definition) is 4. The Labute approximate surface area is 249 Å². The number of amides is 2. The number of para-hydroxylation sites is 1. The van der Waals surface area contributed by atoms with Crippen LogP contribution in [0.2, 0.25) is 0 Å². The van der Waals surface area contributed by atoms with Crippen LogP contribution in [-0.4, -0.2) is 82.8 Å². The molecule has 1 unspecified atom stereocenters. The van der Waals surface area contributed by atoms with E-state index in [4.69, 9.17) is 14.2 Å². The number of carbonyl (C=O) groups excluding carboxylic acids is 3. The molecule has 238 valence electrons. The summed E-state index contributed by atoms with van der Waals surface area (Å²) in [6.07, 6.45) is -0.951. The number of aliphatic hydroxyl groups is 2. The molecule has 43 heavy (non-hydrogen) atoms. The second-order valence-electron chi connectivity index (χ2n) is 10.2. The Bertz CT molecular complexity index is 1120. The van der Waals surface area contributed by atoms with Crippen LogP contribution in [0.4, 0.5) is 19.3 Å². The summed E-state index contributed by atoms with van der Waals surface area (Å²) in [7, 11) is 0. The summed E-state index contributed by atoms with van der Waals surface area (Å²) in [5, 5.41) is 25.6. The molecule has 0 spiro atoms. The number of amidine groups is 1. The number of nitrogens with zero attached hydrogens (tertiary/aromatic N) is 2. The van der Waals surface area contributed by atoms with Gasteiger partial charge in [0.05, 0.1) is 6.61 Å². The van der Waals surface area contributed by atoms with Crippen LogP contribution in [0.15, 0.2) is 47.6 Å². The Morgan fingerprint density at radius 2 is 1.72 bits per heavy atom. The average molecular weight is 611 g/mol. The van der Waals surface area contributed by atoms with Crippen LogP contribution in [0.25, 0.3) is 0 Å². The number of benzene rings is 1. The highest BCUT2D eigenvalue weighted by Gasteiger charge is 2.61. The van der Waals surface area contributed by atoms with Gasteiger partial charge in [-0.2, -0.15) is 8.78 Å². The SMILES string of the molecule is CCCCCOC(=O)NC1=NC(O)N([C@@H]2O[C@H](COC(=O)CCCCCCC(=O)Nc3ccccc3)[C@@H](O)C2(F)F)C=C1. The molecule has 0 bridgehead atoms. The molecule has 2 heterocycles. The number of esters is 1. The Balaban J connectivity index is 1.35. The fourth-order valence-electron chi connectivity index (χ4n) is 4.42. The number of aliphatic hydroxyl groups excluding tert-OH is 2. The lowest BCUT2D eigenvalue weighted by molar-refractivity contribution is -0.187. The summed E-state index contributed by atoms with van der Waals surface area (Å²) >= 11 is 0. The lowest BCUT2D eigenvalue weighted by Crippen LogP contribution is -2.52. The smallest absolute Gasteiger partial charge is 0.412 e. The first kappa shape index (κ1) is 33.9. The first-order valence-corrected chi connectivity index (χ1v) is 14.5. The highest BCUT2D eigenvalue weighted by molar-refractivity contribution is 6.02. The molecular formula is C29H40F2N4O8. The van der Waals surface area contributed by atoms with E-state index in [0.29, 0.717) is 37.0 Å². The Hall–Kier alpha value is -3.62. The summed E-state index contributed by atoms with van der Waals surface area (Å²) in [5.74, 6) is -4.67. The van der Waals surface area contributed by atoms with Gasteiger partial charge in [0.1, 0.15) is 18.5 Å². The summed E-state index contributed by atoms with van der Waals surface area (Å²) < 4.78 is 45.1. The molecule has 0 saturated carbocycles. The maximum Gasteiger partial charge on any atom is 0.412 e. The van der Waals surface area contributed by atoms with Crippen molar-refractivity contribution in [3.8, 4) is 0 Å². The predicted molar refractivity (Wildman–Crippen MR) is 152 cm³/mol. The molecule has 0 aromatic heterocycles. The minimum absolute atomic E-state index is 0.0396. The second-order valence-corrected chi connectivity index (χ2v) is 10.2. The van der Waals surface area contributed by atoms with Crippen molar-refractivity contribution in [2.75, 3.05) is 18.5 Å². The fraction of sp³-hybridized carbons (Fsp3) is 0.586. The summed E-state index contributed by atoms with van der Waals surface area (Å²) in [6, 6.07) is 9.11. The molecular weight excluding hydrogens is 570 g/mol. The van der Waals surface area contributed by atoms with E-state index in [1.165, 1.54) is 6.08 Å². The Kier molecular flexibility index (Phi) is 13.3. The third-order valence-electron chi connectivity index (χ3n) is 6.79. The van der Waals surface area contributed by atoms with Gasteiger partial charge in [0.15, 0.2) is 6.10 Å². The number of rotatable bonds is 15. The van der Waals surface area contributed by atoms with Crippen molar-refractivity contribution in [1.82, 2.24) is 10.2 Å². The molecule has 14 heteroatoms. The second kappa shape index (κ2) is 16.9. The molecule has 1 aromatic rings. The zero-order chi connectivity index (χ0) is 31.2.